The van der Waals surface area contributed by atoms with Gasteiger partial charge >= 0.3 is 5.97 Å². The molecule has 5 rings (SSSR count). The number of rotatable bonds is 6. The number of likely N-dealkylation sites (tertiary alicyclic amines) is 1. The summed E-state index contributed by atoms with van der Waals surface area (Å²) < 4.78 is 0. The van der Waals surface area contributed by atoms with Crippen LogP contribution in [0.1, 0.15) is 77.3 Å². The molecule has 7 nitrogen and oxygen atoms in total. The Balaban J connectivity index is 1.41. The minimum Gasteiger partial charge on any atom is -0.481 e. The second kappa shape index (κ2) is 8.98. The summed E-state index contributed by atoms with van der Waals surface area (Å²) in [6.07, 6.45) is 8.12. The molecule has 1 saturated heterocycles. The van der Waals surface area contributed by atoms with E-state index < -0.39 is 5.97 Å². The van der Waals surface area contributed by atoms with E-state index in [-0.39, 0.29) is 24.0 Å². The number of aryl methyl sites for hydroxylation is 1. The highest BCUT2D eigenvalue weighted by Gasteiger charge is 2.28. The molecule has 1 aromatic heterocycles. The summed E-state index contributed by atoms with van der Waals surface area (Å²) in [6, 6.07) is 7.39. The lowest BCUT2D eigenvalue weighted by atomic mass is 9.85. The van der Waals surface area contributed by atoms with Gasteiger partial charge in [-0.15, -0.1) is 0 Å². The van der Waals surface area contributed by atoms with Gasteiger partial charge in [-0.05, 0) is 87.0 Å². The number of aliphatic carboxylic acids is 1. The number of carbonyl (C=O) groups excluding carboxylic acids is 2. The van der Waals surface area contributed by atoms with Crippen LogP contribution in [-0.2, 0) is 16.0 Å². The Labute approximate surface area is 192 Å². The van der Waals surface area contributed by atoms with Crippen molar-refractivity contribution in [1.29, 1.82) is 0 Å². The fraction of sp³-hybridized carbons (Fsp3) is 0.423. The molecule has 7 heteroatoms. The van der Waals surface area contributed by atoms with Gasteiger partial charge in [0, 0.05) is 28.2 Å². The van der Waals surface area contributed by atoms with Crippen molar-refractivity contribution < 1.29 is 19.5 Å². The molecule has 0 spiro atoms. The lowest BCUT2D eigenvalue weighted by molar-refractivity contribution is -0.137. The average molecular weight is 448 g/mol. The summed E-state index contributed by atoms with van der Waals surface area (Å²) in [5.41, 5.74) is 5.48. The Morgan fingerprint density at radius 1 is 1.12 bits per heavy atom. The van der Waals surface area contributed by atoms with Crippen molar-refractivity contribution in [3.8, 4) is 0 Å². The quantitative estimate of drug-likeness (QED) is 0.458. The van der Waals surface area contributed by atoms with E-state index in [4.69, 9.17) is 0 Å². The maximum Gasteiger partial charge on any atom is 0.303 e. The molecule has 0 bridgehead atoms. The van der Waals surface area contributed by atoms with Gasteiger partial charge in [0.05, 0.1) is 18.5 Å². The van der Waals surface area contributed by atoms with Crippen molar-refractivity contribution in [1.82, 2.24) is 9.88 Å². The zero-order valence-corrected chi connectivity index (χ0v) is 18.7. The largest absolute Gasteiger partial charge is 0.481 e. The monoisotopic (exact) mass is 447 g/mol. The van der Waals surface area contributed by atoms with Crippen LogP contribution in [-0.4, -0.2) is 52.3 Å². The zero-order chi connectivity index (χ0) is 22.9. The summed E-state index contributed by atoms with van der Waals surface area (Å²) >= 11 is 0. The maximum absolute atomic E-state index is 12.9. The van der Waals surface area contributed by atoms with Crippen molar-refractivity contribution in [2.24, 2.45) is 0 Å². The summed E-state index contributed by atoms with van der Waals surface area (Å²) in [6.45, 7) is 2.33. The number of ketones is 1. The first-order valence-electron chi connectivity index (χ1n) is 11.8. The van der Waals surface area contributed by atoms with Gasteiger partial charge in [0.25, 0.3) is 5.91 Å². The number of aromatic amines is 1. The van der Waals surface area contributed by atoms with Crippen molar-refractivity contribution >= 4 is 35.0 Å². The molecular formula is C26H29N3O4. The topological polar surface area (TPSA) is 102 Å². The highest BCUT2D eigenvalue weighted by Crippen LogP contribution is 2.37. The van der Waals surface area contributed by atoms with E-state index in [0.29, 0.717) is 23.4 Å². The molecule has 1 unspecified atom stereocenters. The van der Waals surface area contributed by atoms with Gasteiger partial charge in [0.2, 0.25) is 0 Å². The van der Waals surface area contributed by atoms with E-state index in [9.17, 15) is 19.5 Å². The van der Waals surface area contributed by atoms with Crippen molar-refractivity contribution in [2.75, 3.05) is 25.0 Å². The van der Waals surface area contributed by atoms with E-state index in [2.05, 4.69) is 15.2 Å². The first-order chi connectivity index (χ1) is 16.0. The number of carboxylic acids is 1. The molecule has 1 atom stereocenters. The fourth-order valence-corrected chi connectivity index (χ4v) is 5.36. The molecule has 33 heavy (non-hydrogen) atoms. The third-order valence-corrected chi connectivity index (χ3v) is 7.04. The van der Waals surface area contributed by atoms with Gasteiger partial charge in [-0.3, -0.25) is 19.3 Å². The predicted octanol–water partition coefficient (Wildman–Crippen LogP) is 4.07. The number of benzene rings is 1. The number of fused-ring (bicyclic) bond motifs is 2. The van der Waals surface area contributed by atoms with Gasteiger partial charge in [0.1, 0.15) is 0 Å². The number of nitrogens with one attached hydrogen (secondary N) is 2. The molecule has 1 aliphatic carbocycles. The fourth-order valence-electron chi connectivity index (χ4n) is 5.36. The average Bonchev–Trinajstić information content (AvgIpc) is 3.35. The smallest absolute Gasteiger partial charge is 0.303 e. The number of hydrogen-bond donors (Lipinski definition) is 3. The number of piperidine rings is 1. The van der Waals surface area contributed by atoms with Crippen LogP contribution in [0.25, 0.3) is 11.6 Å². The van der Waals surface area contributed by atoms with E-state index in [1.165, 1.54) is 6.42 Å². The lowest BCUT2D eigenvalue weighted by Crippen LogP contribution is -2.34. The number of carboxylic acid groups (broad SMARTS) is 1. The van der Waals surface area contributed by atoms with Crippen LogP contribution in [0.4, 0.5) is 5.69 Å². The highest BCUT2D eigenvalue weighted by atomic mass is 16.4. The number of amides is 1. The molecule has 2 aromatic rings. The van der Waals surface area contributed by atoms with Crippen LogP contribution in [0.2, 0.25) is 0 Å². The number of aromatic nitrogens is 1. The van der Waals surface area contributed by atoms with E-state index in [0.717, 1.165) is 67.7 Å². The Kier molecular flexibility index (Phi) is 5.89. The Bertz CT molecular complexity index is 1140. The van der Waals surface area contributed by atoms with Crippen molar-refractivity contribution in [2.45, 2.75) is 50.9 Å². The lowest BCUT2D eigenvalue weighted by Gasteiger charge is -2.25. The summed E-state index contributed by atoms with van der Waals surface area (Å²) in [7, 11) is 0. The van der Waals surface area contributed by atoms with Crippen LogP contribution >= 0.6 is 0 Å². The Hall–Kier alpha value is -3.19. The number of hydrogen-bond acceptors (Lipinski definition) is 4. The predicted molar refractivity (Wildman–Crippen MR) is 126 cm³/mol. The molecule has 3 aliphatic rings. The summed E-state index contributed by atoms with van der Waals surface area (Å²) in [5, 5.41) is 12.1. The highest BCUT2D eigenvalue weighted by molar-refractivity contribution is 6.35. The third kappa shape index (κ3) is 4.50. The molecule has 3 heterocycles. The van der Waals surface area contributed by atoms with Gasteiger partial charge in [0.15, 0.2) is 5.78 Å². The standard InChI is InChI=1S/C26H29N3O4/c30-24(15-29-9-2-1-3-10-29)17-7-8-23-20(11-17)21(26(33)28-23)14-18-13-19-16(12-25(31)32)5-4-6-22(19)27-18/h7-8,11,13-14,16,27H,1-6,9-10,12,15H2,(H,28,33)(H,31,32). The second-order valence-electron chi connectivity index (χ2n) is 9.38. The van der Waals surface area contributed by atoms with E-state index in [1.807, 2.05) is 18.2 Å². The molecule has 1 aromatic carbocycles. The normalized spacial score (nSPS) is 21.5. The Morgan fingerprint density at radius 3 is 2.73 bits per heavy atom. The summed E-state index contributed by atoms with van der Waals surface area (Å²) in [4.78, 5) is 42.5. The van der Waals surface area contributed by atoms with E-state index >= 15 is 0 Å². The molecular weight excluding hydrogens is 418 g/mol. The van der Waals surface area contributed by atoms with E-state index in [1.54, 1.807) is 12.1 Å². The summed E-state index contributed by atoms with van der Waals surface area (Å²) in [5.74, 6) is -0.913. The molecule has 2 aliphatic heterocycles. The zero-order valence-electron chi connectivity index (χ0n) is 18.7. The number of carbonyl (C=O) groups is 3. The first kappa shape index (κ1) is 21.6. The second-order valence-corrected chi connectivity index (χ2v) is 9.38. The molecule has 0 radical (unpaired) electrons. The van der Waals surface area contributed by atoms with Crippen LogP contribution in [0.5, 0.6) is 0 Å². The molecule has 1 amide bonds. The Morgan fingerprint density at radius 2 is 1.94 bits per heavy atom. The van der Waals surface area contributed by atoms with Crippen molar-refractivity contribution in [3.05, 3.63) is 52.3 Å². The number of anilines is 1. The van der Waals surface area contributed by atoms with Gasteiger partial charge in [-0.1, -0.05) is 6.42 Å². The van der Waals surface area contributed by atoms with Crippen LogP contribution in [0, 0.1) is 0 Å². The van der Waals surface area contributed by atoms with Crippen LogP contribution in [0.3, 0.4) is 0 Å². The number of Topliss-reactive ketones (excluding diaryl/α,β-unsaturated/α-hetero) is 1. The van der Waals surface area contributed by atoms with Crippen LogP contribution in [0.15, 0.2) is 24.3 Å². The number of H-pyrrole nitrogens is 1. The third-order valence-electron chi connectivity index (χ3n) is 7.04. The molecule has 172 valence electrons. The van der Waals surface area contributed by atoms with Crippen molar-refractivity contribution in [3.63, 3.8) is 0 Å². The molecule has 3 N–H and O–H groups in total. The minimum absolute atomic E-state index is 0.00153. The minimum atomic E-state index is -0.792. The number of nitrogens with zero attached hydrogens (tertiary/aromatic N) is 1. The maximum atomic E-state index is 12.9. The molecule has 1 fully saturated rings. The first-order valence-corrected chi connectivity index (χ1v) is 11.8. The molecule has 0 saturated carbocycles. The SMILES string of the molecule is O=C(O)CC1CCCc2[nH]c(C=C3C(=O)Nc4ccc(C(=O)CN5CCCCC5)cc43)cc21. The van der Waals surface area contributed by atoms with Gasteiger partial charge < -0.3 is 15.4 Å². The van der Waals surface area contributed by atoms with Crippen LogP contribution < -0.4 is 5.32 Å². The van der Waals surface area contributed by atoms with Gasteiger partial charge in [-0.25, -0.2) is 0 Å². The van der Waals surface area contributed by atoms with Gasteiger partial charge in [-0.2, -0.15) is 0 Å².